The summed E-state index contributed by atoms with van der Waals surface area (Å²) in [6.45, 7) is 6.53. The summed E-state index contributed by atoms with van der Waals surface area (Å²) in [5.74, 6) is 2.47. The van der Waals surface area contributed by atoms with Gasteiger partial charge in [-0.05, 0) is 106 Å². The van der Waals surface area contributed by atoms with Gasteiger partial charge >= 0.3 is 0 Å². The van der Waals surface area contributed by atoms with E-state index in [1.807, 2.05) is 18.0 Å². The average Bonchev–Trinajstić information content (AvgIpc) is 3.19. The summed E-state index contributed by atoms with van der Waals surface area (Å²) in [5.41, 5.74) is 4.73. The number of carbonyl (C=O) groups excluding carboxylic acids is 2. The molecule has 0 saturated heterocycles. The Balaban J connectivity index is 1.20. The fraction of sp³-hybridized carbons (Fsp3) is 0.824. The predicted octanol–water partition coefficient (Wildman–Crippen LogP) is 7.94. The number of aliphatic hydroxyl groups excluding tert-OH is 1. The summed E-state index contributed by atoms with van der Waals surface area (Å²) in [6.07, 6.45) is 22.3. The van der Waals surface area contributed by atoms with Crippen LogP contribution in [0.2, 0.25) is 0 Å². The second-order valence-electron chi connectivity index (χ2n) is 13.6. The lowest BCUT2D eigenvalue weighted by molar-refractivity contribution is -0.131. The van der Waals surface area contributed by atoms with Crippen LogP contribution in [0.25, 0.3) is 0 Å². The van der Waals surface area contributed by atoms with Crippen LogP contribution < -0.4 is 0 Å². The van der Waals surface area contributed by atoms with Crippen LogP contribution in [0.5, 0.6) is 0 Å². The minimum Gasteiger partial charge on any atom is -0.393 e. The highest BCUT2D eigenvalue weighted by atomic mass is 16.3. The third kappa shape index (κ3) is 6.65. The van der Waals surface area contributed by atoms with E-state index in [0.29, 0.717) is 42.4 Å². The number of rotatable bonds is 13. The molecule has 4 nitrogen and oxygen atoms in total. The molecule has 0 aromatic heterocycles. The molecule has 1 N–H and O–H groups in total. The zero-order valence-electron chi connectivity index (χ0n) is 24.9. The molecule has 0 aliphatic heterocycles. The second kappa shape index (κ2) is 13.3. The van der Waals surface area contributed by atoms with Crippen molar-refractivity contribution >= 4 is 11.7 Å². The van der Waals surface area contributed by atoms with Gasteiger partial charge in [0.2, 0.25) is 5.91 Å². The average molecular weight is 526 g/mol. The van der Waals surface area contributed by atoms with Gasteiger partial charge in [-0.2, -0.15) is 0 Å². The highest BCUT2D eigenvalue weighted by Gasteiger charge is 2.55. The van der Waals surface area contributed by atoms with E-state index in [1.54, 1.807) is 11.1 Å². The summed E-state index contributed by atoms with van der Waals surface area (Å²) in [6, 6.07) is 0.295. The Bertz CT molecular complexity index is 901. The molecule has 0 aromatic carbocycles. The number of fused-ring (bicyclic) bond motifs is 4. The van der Waals surface area contributed by atoms with Crippen LogP contribution in [0.3, 0.4) is 0 Å². The van der Waals surface area contributed by atoms with Crippen LogP contribution in [-0.4, -0.2) is 40.9 Å². The maximum Gasteiger partial charge on any atom is 0.222 e. The highest BCUT2D eigenvalue weighted by Crippen LogP contribution is 2.62. The molecule has 0 aromatic rings. The van der Waals surface area contributed by atoms with E-state index in [-0.39, 0.29) is 17.4 Å². The van der Waals surface area contributed by atoms with Crippen LogP contribution in [0, 0.1) is 23.2 Å². The zero-order chi connectivity index (χ0) is 27.3. The SMILES string of the molecule is CC(C)N(C)C(=O)CCCCCCCCCCC[C@H]1C[C@]2(C)[C@@H](O)CC[C@H]2[C@@H]2CCC3=CC(=O)CCC3=C12. The molecule has 2 saturated carbocycles. The molecule has 38 heavy (non-hydrogen) atoms. The molecule has 4 aliphatic rings. The van der Waals surface area contributed by atoms with Crippen LogP contribution in [0.15, 0.2) is 22.8 Å². The van der Waals surface area contributed by atoms with E-state index in [9.17, 15) is 14.7 Å². The minimum absolute atomic E-state index is 0.0832. The van der Waals surface area contributed by atoms with E-state index in [1.165, 1.54) is 76.2 Å². The van der Waals surface area contributed by atoms with Crippen molar-refractivity contribution in [3.8, 4) is 0 Å². The van der Waals surface area contributed by atoms with E-state index < -0.39 is 0 Å². The van der Waals surface area contributed by atoms with Gasteiger partial charge in [-0.15, -0.1) is 0 Å². The molecule has 1 amide bonds. The first-order chi connectivity index (χ1) is 18.2. The first-order valence-corrected chi connectivity index (χ1v) is 16.1. The largest absolute Gasteiger partial charge is 0.393 e. The number of ketones is 1. The van der Waals surface area contributed by atoms with Gasteiger partial charge in [0.1, 0.15) is 0 Å². The van der Waals surface area contributed by atoms with Gasteiger partial charge in [-0.1, -0.05) is 63.9 Å². The Kier molecular flexibility index (Phi) is 10.3. The van der Waals surface area contributed by atoms with Gasteiger partial charge in [0, 0.05) is 25.9 Å². The lowest BCUT2D eigenvalue weighted by Gasteiger charge is -2.52. The summed E-state index contributed by atoms with van der Waals surface area (Å²) >= 11 is 0. The van der Waals surface area contributed by atoms with Gasteiger partial charge in [-0.25, -0.2) is 0 Å². The maximum atomic E-state index is 12.1. The zero-order valence-corrected chi connectivity index (χ0v) is 24.9. The van der Waals surface area contributed by atoms with Crippen molar-refractivity contribution in [2.45, 2.75) is 148 Å². The molecular formula is C34H55NO3. The Labute approximate surface area is 232 Å². The van der Waals surface area contributed by atoms with Gasteiger partial charge in [-0.3, -0.25) is 9.59 Å². The lowest BCUT2D eigenvalue weighted by atomic mass is 9.53. The molecule has 0 spiro atoms. The molecule has 0 radical (unpaired) electrons. The Morgan fingerprint density at radius 3 is 2.32 bits per heavy atom. The fourth-order valence-corrected chi connectivity index (χ4v) is 8.43. The fourth-order valence-electron chi connectivity index (χ4n) is 8.43. The van der Waals surface area contributed by atoms with Crippen molar-refractivity contribution < 1.29 is 14.7 Å². The molecule has 214 valence electrons. The van der Waals surface area contributed by atoms with E-state index in [0.717, 1.165) is 32.1 Å². The van der Waals surface area contributed by atoms with Crippen LogP contribution >= 0.6 is 0 Å². The number of hydrogen-bond acceptors (Lipinski definition) is 3. The molecule has 5 atom stereocenters. The predicted molar refractivity (Wildman–Crippen MR) is 156 cm³/mol. The van der Waals surface area contributed by atoms with Crippen LogP contribution in [0.1, 0.15) is 136 Å². The molecule has 0 bridgehead atoms. The molecular weight excluding hydrogens is 470 g/mol. The summed E-state index contributed by atoms with van der Waals surface area (Å²) in [5, 5.41) is 11.0. The standard InChI is InChI=1S/C34H55NO3/c1-24(2)35(4)32(38)15-13-11-9-7-5-6-8-10-12-14-26-23-34(3)30(20-21-31(34)37)29-18-16-25-22-27(36)17-19-28(25)33(26)29/h22,24,26,29-31,37H,5-21,23H2,1-4H3/t26-,29-,30-,31-,34-/m0/s1. The number of unbranched alkanes of at least 4 members (excludes halogenated alkanes) is 8. The van der Waals surface area contributed by atoms with Gasteiger partial charge in [0.25, 0.3) is 0 Å². The Morgan fingerprint density at radius 2 is 1.63 bits per heavy atom. The van der Waals surface area contributed by atoms with Crippen molar-refractivity contribution in [3.63, 3.8) is 0 Å². The molecule has 4 aliphatic carbocycles. The monoisotopic (exact) mass is 525 g/mol. The first kappa shape index (κ1) is 29.6. The minimum atomic E-state index is -0.138. The topological polar surface area (TPSA) is 57.6 Å². The van der Waals surface area contributed by atoms with Gasteiger partial charge in [0.05, 0.1) is 6.10 Å². The molecule has 0 unspecified atom stereocenters. The van der Waals surface area contributed by atoms with Crippen molar-refractivity contribution in [2.24, 2.45) is 23.2 Å². The number of carbonyl (C=O) groups is 2. The number of nitrogens with zero attached hydrogens (tertiary/aromatic N) is 1. The molecule has 4 rings (SSSR count). The molecule has 2 fully saturated rings. The maximum absolute atomic E-state index is 12.1. The van der Waals surface area contributed by atoms with E-state index >= 15 is 0 Å². The second-order valence-corrected chi connectivity index (χ2v) is 13.6. The van der Waals surface area contributed by atoms with Crippen LogP contribution in [-0.2, 0) is 9.59 Å². The third-order valence-corrected chi connectivity index (χ3v) is 10.9. The van der Waals surface area contributed by atoms with Crippen molar-refractivity contribution in [3.05, 3.63) is 22.8 Å². The third-order valence-electron chi connectivity index (χ3n) is 10.9. The number of amides is 1. The van der Waals surface area contributed by atoms with Crippen molar-refractivity contribution in [1.82, 2.24) is 4.90 Å². The first-order valence-electron chi connectivity index (χ1n) is 16.1. The molecule has 4 heteroatoms. The number of aliphatic hydroxyl groups is 1. The number of hydrogen-bond donors (Lipinski definition) is 1. The summed E-state index contributed by atoms with van der Waals surface area (Å²) < 4.78 is 0. The Hall–Kier alpha value is -1.42. The van der Waals surface area contributed by atoms with E-state index in [2.05, 4.69) is 20.8 Å². The number of allylic oxidation sites excluding steroid dienone is 4. The van der Waals surface area contributed by atoms with Gasteiger partial charge < -0.3 is 10.0 Å². The van der Waals surface area contributed by atoms with E-state index in [4.69, 9.17) is 0 Å². The van der Waals surface area contributed by atoms with Crippen LogP contribution in [0.4, 0.5) is 0 Å². The smallest absolute Gasteiger partial charge is 0.222 e. The lowest BCUT2D eigenvalue weighted by Crippen LogP contribution is -2.45. The Morgan fingerprint density at radius 1 is 0.974 bits per heavy atom. The van der Waals surface area contributed by atoms with Crippen molar-refractivity contribution in [2.75, 3.05) is 7.05 Å². The normalized spacial score (nSPS) is 30.7. The molecule has 0 heterocycles. The van der Waals surface area contributed by atoms with Crippen molar-refractivity contribution in [1.29, 1.82) is 0 Å². The van der Waals surface area contributed by atoms with Gasteiger partial charge in [0.15, 0.2) is 5.78 Å². The quantitative estimate of drug-likeness (QED) is 0.248. The summed E-state index contributed by atoms with van der Waals surface area (Å²) in [7, 11) is 1.91. The highest BCUT2D eigenvalue weighted by molar-refractivity contribution is 5.93. The summed E-state index contributed by atoms with van der Waals surface area (Å²) in [4.78, 5) is 26.1.